The van der Waals surface area contributed by atoms with E-state index in [1.165, 1.54) is 122 Å². The van der Waals surface area contributed by atoms with E-state index in [-0.39, 0.29) is 12.1 Å². The normalized spacial score (nSPS) is 33.2. The first-order chi connectivity index (χ1) is 21.9. The maximum atomic E-state index is 13.2. The van der Waals surface area contributed by atoms with E-state index in [4.69, 9.17) is 4.74 Å². The number of unbranched alkanes of at least 4 members (excludes halogenated alkanes) is 9. The van der Waals surface area contributed by atoms with Gasteiger partial charge in [-0.05, 0) is 104 Å². The molecule has 3 heteroatoms. The summed E-state index contributed by atoms with van der Waals surface area (Å²) < 4.78 is 6.99. The predicted molar refractivity (Wildman–Crippen MR) is 197 cm³/mol. The number of quaternary nitrogens is 1. The molecule has 46 heavy (non-hydrogen) atoms. The molecule has 8 atom stereocenters. The Hall–Kier alpha value is -0.830. The highest BCUT2D eigenvalue weighted by Gasteiger charge is 2.59. The van der Waals surface area contributed by atoms with E-state index < -0.39 is 0 Å². The van der Waals surface area contributed by atoms with E-state index in [0.29, 0.717) is 17.4 Å². The molecule has 3 saturated carbocycles. The van der Waals surface area contributed by atoms with Gasteiger partial charge < -0.3 is 9.22 Å². The minimum absolute atomic E-state index is 0.0212. The van der Waals surface area contributed by atoms with Gasteiger partial charge in [-0.15, -0.1) is 0 Å². The summed E-state index contributed by atoms with van der Waals surface area (Å²) in [5.74, 6) is 5.25. The molecule has 0 bridgehead atoms. The number of rotatable bonds is 19. The van der Waals surface area contributed by atoms with Crippen LogP contribution in [0.2, 0.25) is 0 Å². The van der Waals surface area contributed by atoms with Gasteiger partial charge in [-0.3, -0.25) is 0 Å². The number of nitrogens with zero attached hydrogens (tertiary/aromatic N) is 1. The minimum Gasteiger partial charge on any atom is -0.458 e. The lowest BCUT2D eigenvalue weighted by Gasteiger charge is -2.58. The van der Waals surface area contributed by atoms with Gasteiger partial charge in [0.2, 0.25) is 0 Å². The first-order valence-corrected chi connectivity index (χ1v) is 20.6. The monoisotopic (exact) mass is 641 g/mol. The molecular formula is C43H78NO2+. The van der Waals surface area contributed by atoms with Crippen molar-refractivity contribution in [1.82, 2.24) is 0 Å². The van der Waals surface area contributed by atoms with E-state index in [1.807, 2.05) is 0 Å². The van der Waals surface area contributed by atoms with Crippen LogP contribution in [-0.4, -0.2) is 43.7 Å². The Labute approximate surface area is 287 Å². The number of ether oxygens (including phenoxy) is 1. The highest BCUT2D eigenvalue weighted by molar-refractivity contribution is 5.70. The first kappa shape index (κ1) is 38.0. The van der Waals surface area contributed by atoms with Crippen molar-refractivity contribution in [2.45, 2.75) is 182 Å². The standard InChI is InChI=1S/C43H78NO2/c1-9-10-11-12-13-14-15-16-17-18-30-44(7,8)32-41(45)46-36-26-28-42(5)35(31-36)22-23-37-39-25-24-38(34(4)21-19-20-33(2)3)43(39,6)29-27-40(37)42/h22,33-34,36-40H,9-21,23-32H2,1-8H3/q+1/t34-,36+,37+,38-,39+,40+,42+,43-/m1/s1. The van der Waals surface area contributed by atoms with Crippen LogP contribution >= 0.6 is 0 Å². The summed E-state index contributed by atoms with van der Waals surface area (Å²) in [6.07, 6.45) is 30.8. The van der Waals surface area contributed by atoms with Crippen LogP contribution in [0.5, 0.6) is 0 Å². The minimum atomic E-state index is 0.0212. The molecule has 4 rings (SSSR count). The third-order valence-electron chi connectivity index (χ3n) is 14.2. The van der Waals surface area contributed by atoms with Crippen molar-refractivity contribution >= 4 is 5.97 Å². The van der Waals surface area contributed by atoms with E-state index in [9.17, 15) is 4.79 Å². The SMILES string of the molecule is CCCCCCCCCCCC[N+](C)(C)CC(=O)O[C@H]1CC[C@@]2(C)C(=CC[C@H]3[C@@H]4CC[C@H]([C@H](C)CCCC(C)C)[C@@]4(C)CC[C@@H]32)C1. The highest BCUT2D eigenvalue weighted by atomic mass is 16.5. The van der Waals surface area contributed by atoms with Gasteiger partial charge in [0.05, 0.1) is 20.6 Å². The molecule has 0 spiro atoms. The summed E-state index contributed by atoms with van der Waals surface area (Å²) in [6, 6.07) is 0. The summed E-state index contributed by atoms with van der Waals surface area (Å²) in [5, 5.41) is 0. The van der Waals surface area contributed by atoms with Crippen LogP contribution < -0.4 is 0 Å². The fourth-order valence-electron chi connectivity index (χ4n) is 11.4. The van der Waals surface area contributed by atoms with Crippen LogP contribution in [0.1, 0.15) is 176 Å². The molecule has 0 aromatic heterocycles. The molecule has 0 unspecified atom stereocenters. The highest BCUT2D eigenvalue weighted by Crippen LogP contribution is 2.67. The van der Waals surface area contributed by atoms with Crippen molar-refractivity contribution < 1.29 is 14.0 Å². The van der Waals surface area contributed by atoms with E-state index in [0.717, 1.165) is 59.4 Å². The molecule has 0 saturated heterocycles. The smallest absolute Gasteiger partial charge is 0.362 e. The van der Waals surface area contributed by atoms with Crippen molar-refractivity contribution in [2.24, 2.45) is 46.3 Å². The Morgan fingerprint density at radius 2 is 1.52 bits per heavy atom. The number of hydrogen-bond acceptors (Lipinski definition) is 2. The Morgan fingerprint density at radius 3 is 2.20 bits per heavy atom. The van der Waals surface area contributed by atoms with Gasteiger partial charge in [-0.1, -0.05) is 124 Å². The molecule has 266 valence electrons. The molecular weight excluding hydrogens is 562 g/mol. The van der Waals surface area contributed by atoms with E-state index in [2.05, 4.69) is 61.7 Å². The molecule has 0 aromatic rings. The van der Waals surface area contributed by atoms with Crippen molar-refractivity contribution in [2.75, 3.05) is 27.2 Å². The van der Waals surface area contributed by atoms with Crippen molar-refractivity contribution in [3.63, 3.8) is 0 Å². The molecule has 0 aromatic carbocycles. The predicted octanol–water partition coefficient (Wildman–Crippen LogP) is 11.9. The molecule has 3 fully saturated rings. The molecule has 0 heterocycles. The molecule has 4 aliphatic carbocycles. The van der Waals surface area contributed by atoms with Gasteiger partial charge in [-0.25, -0.2) is 4.79 Å². The second-order valence-electron chi connectivity index (χ2n) is 18.6. The van der Waals surface area contributed by atoms with Gasteiger partial charge in [-0.2, -0.15) is 0 Å². The topological polar surface area (TPSA) is 26.3 Å². The maximum absolute atomic E-state index is 13.2. The van der Waals surface area contributed by atoms with Crippen LogP contribution in [0.3, 0.4) is 0 Å². The van der Waals surface area contributed by atoms with Gasteiger partial charge >= 0.3 is 5.97 Å². The lowest BCUT2D eigenvalue weighted by atomic mass is 9.47. The Kier molecular flexibility index (Phi) is 14.2. The molecule has 4 aliphatic rings. The lowest BCUT2D eigenvalue weighted by molar-refractivity contribution is -0.883. The number of allylic oxidation sites excluding steroid dienone is 1. The molecule has 0 amide bonds. The number of carbonyl (C=O) groups is 1. The average Bonchev–Trinajstić information content (AvgIpc) is 3.35. The summed E-state index contributed by atoms with van der Waals surface area (Å²) in [7, 11) is 4.43. The Balaban J connectivity index is 1.21. The summed E-state index contributed by atoms with van der Waals surface area (Å²) in [4.78, 5) is 13.2. The third kappa shape index (κ3) is 9.65. The van der Waals surface area contributed by atoms with Crippen LogP contribution in [0.4, 0.5) is 0 Å². The van der Waals surface area contributed by atoms with Crippen molar-refractivity contribution in [3.8, 4) is 0 Å². The van der Waals surface area contributed by atoms with Gasteiger partial charge in [0, 0.05) is 6.42 Å². The molecule has 3 nitrogen and oxygen atoms in total. The zero-order valence-corrected chi connectivity index (χ0v) is 32.1. The number of hydrogen-bond donors (Lipinski definition) is 0. The summed E-state index contributed by atoms with van der Waals surface area (Å²) >= 11 is 0. The Bertz CT molecular complexity index is 968. The van der Waals surface area contributed by atoms with Crippen LogP contribution in [-0.2, 0) is 9.53 Å². The maximum Gasteiger partial charge on any atom is 0.362 e. The number of carbonyl (C=O) groups excluding carboxylic acids is 1. The zero-order chi connectivity index (χ0) is 33.4. The van der Waals surface area contributed by atoms with Gasteiger partial charge in [0.15, 0.2) is 6.54 Å². The zero-order valence-electron chi connectivity index (χ0n) is 32.1. The third-order valence-corrected chi connectivity index (χ3v) is 14.2. The van der Waals surface area contributed by atoms with E-state index in [1.54, 1.807) is 5.57 Å². The number of fused-ring (bicyclic) bond motifs is 5. The summed E-state index contributed by atoms with van der Waals surface area (Å²) in [6.45, 7) is 16.5. The molecule has 0 N–H and O–H groups in total. The number of likely N-dealkylation sites (N-methyl/N-ethyl adjacent to an activating group) is 1. The second-order valence-corrected chi connectivity index (χ2v) is 18.6. The fourth-order valence-corrected chi connectivity index (χ4v) is 11.4. The van der Waals surface area contributed by atoms with Crippen LogP contribution in [0, 0.1) is 46.3 Å². The quantitative estimate of drug-likeness (QED) is 0.0608. The van der Waals surface area contributed by atoms with Gasteiger partial charge in [0.1, 0.15) is 6.10 Å². The lowest BCUT2D eigenvalue weighted by Crippen LogP contribution is -2.51. The van der Waals surface area contributed by atoms with Crippen molar-refractivity contribution in [3.05, 3.63) is 11.6 Å². The first-order valence-electron chi connectivity index (χ1n) is 20.6. The van der Waals surface area contributed by atoms with Crippen LogP contribution in [0.15, 0.2) is 11.6 Å². The largest absolute Gasteiger partial charge is 0.458 e. The average molecular weight is 641 g/mol. The second kappa shape index (κ2) is 17.2. The molecule has 0 aliphatic heterocycles. The van der Waals surface area contributed by atoms with Gasteiger partial charge in [0.25, 0.3) is 0 Å². The van der Waals surface area contributed by atoms with Crippen molar-refractivity contribution in [1.29, 1.82) is 0 Å². The number of esters is 1. The van der Waals surface area contributed by atoms with E-state index >= 15 is 0 Å². The Morgan fingerprint density at radius 1 is 0.848 bits per heavy atom. The fraction of sp³-hybridized carbons (Fsp3) is 0.930. The summed E-state index contributed by atoms with van der Waals surface area (Å²) in [5.41, 5.74) is 2.50. The van der Waals surface area contributed by atoms with Crippen LogP contribution in [0.25, 0.3) is 0 Å². The molecule has 0 radical (unpaired) electrons.